The van der Waals surface area contributed by atoms with E-state index in [1.165, 1.54) is 0 Å². The fourth-order valence-corrected chi connectivity index (χ4v) is 4.86. The lowest BCUT2D eigenvalue weighted by Gasteiger charge is -2.27. The minimum Gasteiger partial charge on any atom is -0.616 e. The number of fused-ring (bicyclic) bond motifs is 1. The van der Waals surface area contributed by atoms with Gasteiger partial charge in [-0.3, -0.25) is 15.3 Å². The summed E-state index contributed by atoms with van der Waals surface area (Å²) in [6.45, 7) is 3.97. The molecule has 0 saturated carbocycles. The van der Waals surface area contributed by atoms with Gasteiger partial charge in [0.1, 0.15) is 17.2 Å². The summed E-state index contributed by atoms with van der Waals surface area (Å²) in [5, 5.41) is 12.1. The summed E-state index contributed by atoms with van der Waals surface area (Å²) < 4.78 is 11.6. The first-order valence-electron chi connectivity index (χ1n) is 9.65. The van der Waals surface area contributed by atoms with Crippen molar-refractivity contribution in [1.29, 1.82) is 5.41 Å². The first-order chi connectivity index (χ1) is 14.4. The Morgan fingerprint density at radius 3 is 2.73 bits per heavy atom. The third kappa shape index (κ3) is 4.37. The summed E-state index contributed by atoms with van der Waals surface area (Å²) in [5.41, 5.74) is 10.6. The van der Waals surface area contributed by atoms with Gasteiger partial charge in [0.05, 0.1) is 17.1 Å². The van der Waals surface area contributed by atoms with Gasteiger partial charge >= 0.3 is 0 Å². The molecule has 0 spiro atoms. The maximum Gasteiger partial charge on any atom is 0.150 e. The fourth-order valence-electron chi connectivity index (χ4n) is 3.51. The second-order valence-corrected chi connectivity index (χ2v) is 9.42. The molecule has 9 heteroatoms. The van der Waals surface area contributed by atoms with Crippen molar-refractivity contribution in [3.63, 3.8) is 0 Å². The Balaban J connectivity index is 1.74. The highest BCUT2D eigenvalue weighted by atomic mass is 35.5. The van der Waals surface area contributed by atoms with E-state index in [0.29, 0.717) is 40.2 Å². The quantitative estimate of drug-likeness (QED) is 0.632. The Hall–Kier alpha value is -2.39. The number of aromatic nitrogens is 1. The molecule has 0 unspecified atom stereocenters. The molecule has 1 aromatic carbocycles. The molecule has 0 radical (unpaired) electrons. The fraction of sp³-hybridized carbons (Fsp3) is 0.286. The molecule has 0 bridgehead atoms. The predicted octanol–water partition coefficient (Wildman–Crippen LogP) is 2.73. The van der Waals surface area contributed by atoms with Crippen LogP contribution in [-0.4, -0.2) is 50.6 Å². The zero-order chi connectivity index (χ0) is 21.3. The lowest BCUT2D eigenvalue weighted by molar-refractivity contribution is 0.284. The lowest BCUT2D eigenvalue weighted by atomic mass is 10.0. The average molecular weight is 443 g/mol. The molecule has 1 fully saturated rings. The molecule has 0 amide bonds. The number of rotatable bonds is 3. The van der Waals surface area contributed by atoms with Crippen LogP contribution in [0.15, 0.2) is 52.9 Å². The van der Waals surface area contributed by atoms with E-state index in [0.717, 1.165) is 35.6 Å². The van der Waals surface area contributed by atoms with Crippen molar-refractivity contribution in [2.24, 2.45) is 10.7 Å². The Morgan fingerprint density at radius 2 is 2.03 bits per heavy atom. The van der Waals surface area contributed by atoms with Crippen molar-refractivity contribution >= 4 is 40.0 Å². The molecule has 2 aliphatic heterocycles. The van der Waals surface area contributed by atoms with Crippen molar-refractivity contribution in [3.8, 4) is 0 Å². The number of allylic oxidation sites excluding steroid dienone is 1. The largest absolute Gasteiger partial charge is 0.616 e. The SMILES string of the molecule is C/C(N)=C1\N=C(c2ccccc2Cl)c2cnc(CN3CC[S+]([O-])CC3)cc2NC1=N. The van der Waals surface area contributed by atoms with Crippen LogP contribution in [0.2, 0.25) is 5.02 Å². The Labute approximate surface area is 183 Å². The van der Waals surface area contributed by atoms with Crippen LogP contribution in [0.5, 0.6) is 0 Å². The molecule has 2 aromatic rings. The number of halogens is 1. The number of pyridine rings is 1. The summed E-state index contributed by atoms with van der Waals surface area (Å²) in [4.78, 5) is 11.6. The number of hydrogen-bond donors (Lipinski definition) is 3. The number of amidine groups is 1. The predicted molar refractivity (Wildman–Crippen MR) is 123 cm³/mol. The summed E-state index contributed by atoms with van der Waals surface area (Å²) in [7, 11) is 0. The molecule has 2 aliphatic rings. The van der Waals surface area contributed by atoms with Gasteiger partial charge in [-0.25, -0.2) is 4.99 Å². The topological polar surface area (TPSA) is 113 Å². The van der Waals surface area contributed by atoms with Crippen LogP contribution in [0.3, 0.4) is 0 Å². The summed E-state index contributed by atoms with van der Waals surface area (Å²) in [5.74, 6) is 1.52. The monoisotopic (exact) mass is 442 g/mol. The van der Waals surface area contributed by atoms with Gasteiger partial charge in [-0.2, -0.15) is 0 Å². The normalized spacial score (nSPS) is 19.6. The molecule has 1 aromatic heterocycles. The van der Waals surface area contributed by atoms with E-state index in [1.807, 2.05) is 30.3 Å². The maximum absolute atomic E-state index is 11.6. The van der Waals surface area contributed by atoms with Crippen LogP contribution in [0.1, 0.15) is 23.7 Å². The molecule has 156 valence electrons. The minimum absolute atomic E-state index is 0.129. The third-order valence-corrected chi connectivity index (χ3v) is 6.70. The molecular weight excluding hydrogens is 420 g/mol. The number of aliphatic imine (C=N–C) groups is 1. The summed E-state index contributed by atoms with van der Waals surface area (Å²) >= 11 is 5.75. The van der Waals surface area contributed by atoms with Gasteiger partial charge in [0.2, 0.25) is 0 Å². The van der Waals surface area contributed by atoms with Gasteiger partial charge in [0.25, 0.3) is 0 Å². The minimum atomic E-state index is -0.712. The highest BCUT2D eigenvalue weighted by Crippen LogP contribution is 2.29. The number of nitrogens with one attached hydrogen (secondary N) is 2. The van der Waals surface area contributed by atoms with E-state index in [1.54, 1.807) is 13.1 Å². The average Bonchev–Trinajstić information content (AvgIpc) is 2.86. The zero-order valence-corrected chi connectivity index (χ0v) is 18.2. The van der Waals surface area contributed by atoms with Gasteiger partial charge < -0.3 is 15.6 Å². The van der Waals surface area contributed by atoms with Gasteiger partial charge in [0, 0.05) is 47.7 Å². The molecular formula is C21H23ClN6OS. The van der Waals surface area contributed by atoms with E-state index >= 15 is 0 Å². The van der Waals surface area contributed by atoms with Crippen molar-refractivity contribution < 1.29 is 4.55 Å². The third-order valence-electron chi connectivity index (χ3n) is 5.09. The van der Waals surface area contributed by atoms with Crippen molar-refractivity contribution in [3.05, 3.63) is 69.8 Å². The number of nitrogens with two attached hydrogens (primary N) is 1. The first kappa shape index (κ1) is 20.9. The molecule has 4 rings (SSSR count). The van der Waals surface area contributed by atoms with Crippen molar-refractivity contribution in [1.82, 2.24) is 9.88 Å². The lowest BCUT2D eigenvalue weighted by Crippen LogP contribution is -2.39. The summed E-state index contributed by atoms with van der Waals surface area (Å²) in [6.07, 6.45) is 1.77. The van der Waals surface area contributed by atoms with E-state index in [2.05, 4.69) is 15.2 Å². The van der Waals surface area contributed by atoms with Crippen LogP contribution >= 0.6 is 11.6 Å². The molecule has 7 nitrogen and oxygen atoms in total. The molecule has 4 N–H and O–H groups in total. The highest BCUT2D eigenvalue weighted by molar-refractivity contribution is 7.91. The number of nitrogens with zero attached hydrogens (tertiary/aromatic N) is 3. The van der Waals surface area contributed by atoms with Crippen LogP contribution in [0.25, 0.3) is 0 Å². The van der Waals surface area contributed by atoms with Crippen LogP contribution in [-0.2, 0) is 17.7 Å². The number of anilines is 1. The Bertz CT molecular complexity index is 1040. The van der Waals surface area contributed by atoms with E-state index in [4.69, 9.17) is 27.7 Å². The van der Waals surface area contributed by atoms with Gasteiger partial charge in [-0.15, -0.1) is 0 Å². The first-order valence-corrected chi connectivity index (χ1v) is 11.5. The number of benzene rings is 1. The molecule has 0 atom stereocenters. The van der Waals surface area contributed by atoms with Crippen LogP contribution < -0.4 is 11.1 Å². The smallest absolute Gasteiger partial charge is 0.150 e. The van der Waals surface area contributed by atoms with E-state index < -0.39 is 11.2 Å². The van der Waals surface area contributed by atoms with E-state index in [9.17, 15) is 4.55 Å². The Morgan fingerprint density at radius 1 is 1.30 bits per heavy atom. The second-order valence-electron chi connectivity index (χ2n) is 7.32. The van der Waals surface area contributed by atoms with Crippen LogP contribution in [0.4, 0.5) is 5.69 Å². The zero-order valence-electron chi connectivity index (χ0n) is 16.6. The Kier molecular flexibility index (Phi) is 6.10. The van der Waals surface area contributed by atoms with Crippen molar-refractivity contribution in [2.75, 3.05) is 29.9 Å². The molecule has 0 aliphatic carbocycles. The number of hydrogen-bond acceptors (Lipinski definition) is 6. The summed E-state index contributed by atoms with van der Waals surface area (Å²) in [6, 6.07) is 9.40. The maximum atomic E-state index is 11.6. The van der Waals surface area contributed by atoms with Gasteiger partial charge in [-0.1, -0.05) is 41.0 Å². The highest BCUT2D eigenvalue weighted by Gasteiger charge is 2.24. The molecule has 3 heterocycles. The van der Waals surface area contributed by atoms with Gasteiger partial charge in [-0.05, 0) is 19.1 Å². The van der Waals surface area contributed by atoms with Crippen LogP contribution in [0, 0.1) is 5.41 Å². The standard InChI is InChI=1S/C21H23ClN6OS/c1-13(23)19-21(24)26-18-10-14(12-28-6-8-30(29)9-7-28)25-11-16(18)20(27-19)15-4-2-3-5-17(15)22/h2-5,10-11H,6-9,12,23H2,1H3,(H2,24,26)/b19-13+. The molecule has 30 heavy (non-hydrogen) atoms. The van der Waals surface area contributed by atoms with E-state index in [-0.39, 0.29) is 5.84 Å². The van der Waals surface area contributed by atoms with Crippen molar-refractivity contribution in [2.45, 2.75) is 13.5 Å². The molecule has 1 saturated heterocycles. The second kappa shape index (κ2) is 8.77. The van der Waals surface area contributed by atoms with Gasteiger partial charge in [0.15, 0.2) is 5.84 Å².